The van der Waals surface area contributed by atoms with E-state index >= 15 is 0 Å². The van der Waals surface area contributed by atoms with E-state index in [4.69, 9.17) is 17.7 Å². The van der Waals surface area contributed by atoms with Crippen LogP contribution in [0.3, 0.4) is 0 Å². The molecule has 7 heteroatoms. The number of aryl methyl sites for hydroxylation is 1. The number of hydrogen-bond donors (Lipinski definition) is 0. The maximum absolute atomic E-state index is 7.28. The van der Waals surface area contributed by atoms with Gasteiger partial charge in [-0.1, -0.05) is 114 Å². The van der Waals surface area contributed by atoms with Gasteiger partial charge in [-0.15, -0.1) is 0 Å². The second-order valence-electron chi connectivity index (χ2n) is 20.3. The van der Waals surface area contributed by atoms with Gasteiger partial charge in [0.05, 0.1) is 23.9 Å². The van der Waals surface area contributed by atoms with Gasteiger partial charge in [0.15, 0.2) is 0 Å². The minimum atomic E-state index is -0.342. The molecule has 7 aromatic carbocycles. The zero-order valence-corrected chi connectivity index (χ0v) is 38.1. The standard InChI is InChI=1S/C59H47BN2O4/c1-34-26-47-53-48(27-34)62(40-17-13-15-36(29-40)46-33-64-50-21-11-9-19-42(46)50)55-44-31-38(59(5,6)7)23-25-52(44)66-57(55)60(53)56-54(43-30-37(58(2,3)4)22-24-51(43)65-56)61(47)39-16-12-14-35(28-39)45-32-63-49-20-10-8-18-41(45)49/h8-33H,1-7H3. The fraction of sp³-hybridized carbons (Fsp3) is 0.153. The zero-order chi connectivity index (χ0) is 44.8. The van der Waals surface area contributed by atoms with Crippen LogP contribution in [0.1, 0.15) is 58.2 Å². The van der Waals surface area contributed by atoms with Crippen molar-refractivity contribution in [1.29, 1.82) is 0 Å². The smallest absolute Gasteiger partial charge is 0.342 e. The molecule has 4 aromatic heterocycles. The largest absolute Gasteiger partial charge is 0.468 e. The third kappa shape index (κ3) is 5.68. The number of fused-ring (bicyclic) bond motifs is 10. The van der Waals surface area contributed by atoms with E-state index in [2.05, 4.69) is 180 Å². The molecule has 0 saturated carbocycles. The van der Waals surface area contributed by atoms with Gasteiger partial charge in [-0.3, -0.25) is 0 Å². The third-order valence-electron chi connectivity index (χ3n) is 13.9. The predicted octanol–water partition coefficient (Wildman–Crippen LogP) is 15.0. The molecule has 0 amide bonds. The molecular weight excluding hydrogens is 811 g/mol. The minimum absolute atomic E-state index is 0.0823. The van der Waals surface area contributed by atoms with Gasteiger partial charge in [0, 0.05) is 55.4 Å². The summed E-state index contributed by atoms with van der Waals surface area (Å²) in [6, 6.07) is 52.3. The molecular formula is C59H47BN2O4. The Hall–Kier alpha value is -7.64. The van der Waals surface area contributed by atoms with Gasteiger partial charge in [0.2, 0.25) is 0 Å². The SMILES string of the molecule is Cc1cc2c3c(c1)N(c1cccc(-c4coc5ccccc45)c1)c1c(oc4ccc(C(C)(C)C)cc14)B3c1oc3ccc(C(C)(C)C)cc3c1N2c1cccc(-c2coc3ccccc23)c1. The third-order valence-corrected chi connectivity index (χ3v) is 13.9. The summed E-state index contributed by atoms with van der Waals surface area (Å²) in [5.74, 6) is 0. The summed E-state index contributed by atoms with van der Waals surface area (Å²) < 4.78 is 26.8. The number of nitrogens with zero attached hydrogens (tertiary/aromatic N) is 2. The lowest BCUT2D eigenvalue weighted by Crippen LogP contribution is -2.60. The number of rotatable bonds is 4. The van der Waals surface area contributed by atoms with E-state index in [1.165, 1.54) is 11.1 Å². The predicted molar refractivity (Wildman–Crippen MR) is 273 cm³/mol. The Bertz CT molecular complexity index is 3550. The Morgan fingerprint density at radius 2 is 0.894 bits per heavy atom. The van der Waals surface area contributed by atoms with Crippen molar-refractivity contribution in [1.82, 2.24) is 0 Å². The van der Waals surface area contributed by atoms with E-state index in [-0.39, 0.29) is 17.5 Å². The van der Waals surface area contributed by atoms with Crippen LogP contribution in [0.15, 0.2) is 176 Å². The number of para-hydroxylation sites is 2. The van der Waals surface area contributed by atoms with Crippen LogP contribution in [-0.2, 0) is 10.8 Å². The minimum Gasteiger partial charge on any atom is -0.468 e. The Labute approximate surface area is 383 Å². The first-order valence-electron chi connectivity index (χ1n) is 22.9. The molecule has 0 spiro atoms. The highest BCUT2D eigenvalue weighted by Crippen LogP contribution is 2.51. The van der Waals surface area contributed by atoms with Gasteiger partial charge in [0.25, 0.3) is 0 Å². The van der Waals surface area contributed by atoms with Crippen molar-refractivity contribution in [2.75, 3.05) is 9.80 Å². The average Bonchev–Trinajstić information content (AvgIpc) is 4.11. The second-order valence-corrected chi connectivity index (χ2v) is 20.3. The van der Waals surface area contributed by atoms with Crippen molar-refractivity contribution in [3.63, 3.8) is 0 Å². The lowest BCUT2D eigenvalue weighted by atomic mass is 9.37. The maximum Gasteiger partial charge on any atom is 0.342 e. The van der Waals surface area contributed by atoms with Crippen LogP contribution in [0.5, 0.6) is 0 Å². The fourth-order valence-electron chi connectivity index (χ4n) is 10.6. The highest BCUT2D eigenvalue weighted by molar-refractivity contribution is 6.99. The maximum atomic E-state index is 7.28. The molecule has 0 saturated heterocycles. The van der Waals surface area contributed by atoms with Crippen molar-refractivity contribution in [3.05, 3.63) is 175 Å². The van der Waals surface area contributed by atoms with Gasteiger partial charge in [-0.25, -0.2) is 0 Å². The van der Waals surface area contributed by atoms with Gasteiger partial charge in [-0.05, 0) is 124 Å². The van der Waals surface area contributed by atoms with E-state index < -0.39 is 0 Å². The number of furan rings is 4. The monoisotopic (exact) mass is 858 g/mol. The molecule has 0 fully saturated rings. The average molecular weight is 859 g/mol. The first-order valence-corrected chi connectivity index (χ1v) is 22.9. The van der Waals surface area contributed by atoms with Crippen LogP contribution < -0.4 is 26.6 Å². The van der Waals surface area contributed by atoms with Gasteiger partial charge in [0.1, 0.15) is 33.7 Å². The molecule has 0 aliphatic carbocycles. The van der Waals surface area contributed by atoms with Crippen molar-refractivity contribution in [3.8, 4) is 22.3 Å². The van der Waals surface area contributed by atoms with Crippen molar-refractivity contribution >= 4 is 101 Å². The molecule has 6 heterocycles. The second kappa shape index (κ2) is 13.7. The summed E-state index contributed by atoms with van der Waals surface area (Å²) >= 11 is 0. The Balaban J connectivity index is 1.12. The van der Waals surface area contributed by atoms with E-state index in [9.17, 15) is 0 Å². The van der Waals surface area contributed by atoms with Crippen molar-refractivity contribution < 1.29 is 17.7 Å². The van der Waals surface area contributed by atoms with Crippen molar-refractivity contribution in [2.45, 2.75) is 59.3 Å². The van der Waals surface area contributed by atoms with Gasteiger partial charge >= 0.3 is 6.71 Å². The summed E-state index contributed by atoms with van der Waals surface area (Å²) in [7, 11) is 0. The summed E-state index contributed by atoms with van der Waals surface area (Å²) in [5, 5.41) is 4.30. The fourth-order valence-corrected chi connectivity index (χ4v) is 10.6. The molecule has 0 radical (unpaired) electrons. The lowest BCUT2D eigenvalue weighted by molar-refractivity contribution is 0.590. The molecule has 66 heavy (non-hydrogen) atoms. The molecule has 2 aliphatic rings. The number of hydrogen-bond acceptors (Lipinski definition) is 6. The molecule has 0 N–H and O–H groups in total. The number of benzene rings is 7. The van der Waals surface area contributed by atoms with Crippen LogP contribution in [0.25, 0.3) is 66.1 Å². The van der Waals surface area contributed by atoms with Crippen LogP contribution in [-0.4, -0.2) is 6.71 Å². The van der Waals surface area contributed by atoms with E-state index in [0.29, 0.717) is 0 Å². The lowest BCUT2D eigenvalue weighted by Gasteiger charge is -2.41. The Morgan fingerprint density at radius 1 is 0.439 bits per heavy atom. The topological polar surface area (TPSA) is 59.0 Å². The van der Waals surface area contributed by atoms with Crippen molar-refractivity contribution in [2.24, 2.45) is 0 Å². The first-order chi connectivity index (χ1) is 31.9. The normalized spacial score (nSPS) is 13.6. The molecule has 0 unspecified atom stereocenters. The molecule has 13 rings (SSSR count). The molecule has 0 atom stereocenters. The molecule has 2 aliphatic heterocycles. The Kier molecular flexibility index (Phi) is 8.05. The van der Waals surface area contributed by atoms with Crippen LogP contribution >= 0.6 is 0 Å². The van der Waals surface area contributed by atoms with Gasteiger partial charge < -0.3 is 27.5 Å². The highest BCUT2D eigenvalue weighted by Gasteiger charge is 2.50. The Morgan fingerprint density at radius 3 is 1.35 bits per heavy atom. The van der Waals surface area contributed by atoms with E-state index in [0.717, 1.165) is 123 Å². The van der Waals surface area contributed by atoms with Crippen LogP contribution in [0.2, 0.25) is 0 Å². The van der Waals surface area contributed by atoms with E-state index in [1.807, 2.05) is 36.8 Å². The molecule has 6 nitrogen and oxygen atoms in total. The number of anilines is 6. The quantitative estimate of drug-likeness (QED) is 0.164. The molecule has 11 aromatic rings. The highest BCUT2D eigenvalue weighted by atomic mass is 16.4. The zero-order valence-electron chi connectivity index (χ0n) is 38.1. The summed E-state index contributed by atoms with van der Waals surface area (Å²) in [6.07, 6.45) is 3.76. The van der Waals surface area contributed by atoms with E-state index in [1.54, 1.807) is 0 Å². The first kappa shape index (κ1) is 38.8. The van der Waals surface area contributed by atoms with Gasteiger partial charge in [-0.2, -0.15) is 0 Å². The summed E-state index contributed by atoms with van der Waals surface area (Å²) in [4.78, 5) is 4.89. The molecule has 320 valence electrons. The molecule has 0 bridgehead atoms. The summed E-state index contributed by atoms with van der Waals surface area (Å²) in [6.45, 7) is 15.5. The van der Waals surface area contributed by atoms with Crippen LogP contribution in [0.4, 0.5) is 34.1 Å². The summed E-state index contributed by atoms with van der Waals surface area (Å²) in [5.41, 5.74) is 20.3. The van der Waals surface area contributed by atoms with Crippen LogP contribution in [0, 0.1) is 6.92 Å².